The highest BCUT2D eigenvalue weighted by Crippen LogP contribution is 2.27. The fraction of sp³-hybridized carbons (Fsp3) is 0.700. The lowest BCUT2D eigenvalue weighted by atomic mass is 10.2. The normalized spacial score (nSPS) is 14.8. The van der Waals surface area contributed by atoms with Crippen LogP contribution in [0.4, 0.5) is 0 Å². The van der Waals surface area contributed by atoms with Crippen LogP contribution in [0.15, 0.2) is 0 Å². The van der Waals surface area contributed by atoms with Crippen molar-refractivity contribution in [1.82, 2.24) is 0 Å². The van der Waals surface area contributed by atoms with E-state index in [1.54, 1.807) is 0 Å². The Kier molecular flexibility index (Phi) is 3.66. The molecule has 0 atom stereocenters. The number of hydrogen-bond donors (Lipinski definition) is 0. The summed E-state index contributed by atoms with van der Waals surface area (Å²) in [5.74, 6) is 6.75. The molecule has 2 heteroatoms. The smallest absolute Gasteiger partial charge is 0.305 e. The quantitative estimate of drug-likeness (QED) is 0.362. The van der Waals surface area contributed by atoms with Crippen molar-refractivity contribution < 1.29 is 9.53 Å². The topological polar surface area (TPSA) is 26.3 Å². The summed E-state index contributed by atoms with van der Waals surface area (Å²) in [6.45, 7) is 0. The average Bonchev–Trinajstić information content (AvgIpc) is 2.87. The maximum atomic E-state index is 10.7. The van der Waals surface area contributed by atoms with Gasteiger partial charge in [0.2, 0.25) is 0 Å². The lowest BCUT2D eigenvalue weighted by Crippen LogP contribution is -1.98. The van der Waals surface area contributed by atoms with Gasteiger partial charge in [-0.2, -0.15) is 0 Å². The van der Waals surface area contributed by atoms with Gasteiger partial charge in [0.25, 0.3) is 0 Å². The molecule has 1 fully saturated rings. The van der Waals surface area contributed by atoms with Crippen molar-refractivity contribution in [2.45, 2.75) is 32.1 Å². The van der Waals surface area contributed by atoms with Crippen molar-refractivity contribution in [3.05, 3.63) is 0 Å². The van der Waals surface area contributed by atoms with E-state index in [1.807, 2.05) is 0 Å². The van der Waals surface area contributed by atoms with Gasteiger partial charge in [-0.3, -0.25) is 4.79 Å². The summed E-state index contributed by atoms with van der Waals surface area (Å²) >= 11 is 0. The van der Waals surface area contributed by atoms with E-state index in [9.17, 15) is 4.79 Å². The summed E-state index contributed by atoms with van der Waals surface area (Å²) in [6, 6.07) is 0. The molecule has 0 bridgehead atoms. The number of carbonyl (C=O) groups is 1. The lowest BCUT2D eigenvalue weighted by molar-refractivity contribution is -0.140. The molecule has 0 saturated heterocycles. The van der Waals surface area contributed by atoms with E-state index in [0.717, 1.165) is 12.8 Å². The van der Waals surface area contributed by atoms with E-state index in [4.69, 9.17) is 0 Å². The summed E-state index contributed by atoms with van der Waals surface area (Å²) in [5.41, 5.74) is 0. The Morgan fingerprint density at radius 1 is 1.58 bits per heavy atom. The predicted octanol–water partition coefficient (Wildman–Crippen LogP) is 1.74. The molecule has 0 spiro atoms. The Bertz CT molecular complexity index is 206. The summed E-state index contributed by atoms with van der Waals surface area (Å²) < 4.78 is 4.50. The highest BCUT2D eigenvalue weighted by Gasteiger charge is 2.17. The average molecular weight is 166 g/mol. The Hall–Kier alpha value is -0.970. The first-order chi connectivity index (χ1) is 5.83. The van der Waals surface area contributed by atoms with Crippen molar-refractivity contribution in [3.63, 3.8) is 0 Å². The molecule has 0 amide bonds. The number of hydrogen-bond acceptors (Lipinski definition) is 2. The van der Waals surface area contributed by atoms with Crippen LogP contribution in [0, 0.1) is 17.8 Å². The van der Waals surface area contributed by atoms with Gasteiger partial charge in [0.15, 0.2) is 0 Å². The molecular formula is C10H14O2. The number of esters is 1. The van der Waals surface area contributed by atoms with Gasteiger partial charge in [-0.1, -0.05) is 5.92 Å². The third-order valence-electron chi connectivity index (χ3n) is 1.79. The second kappa shape index (κ2) is 4.82. The number of rotatable bonds is 3. The van der Waals surface area contributed by atoms with E-state index >= 15 is 0 Å². The molecule has 2 nitrogen and oxygen atoms in total. The van der Waals surface area contributed by atoms with Crippen LogP contribution in [-0.2, 0) is 9.53 Å². The van der Waals surface area contributed by atoms with E-state index < -0.39 is 0 Å². The molecule has 1 rings (SSSR count). The molecule has 0 N–H and O–H groups in total. The zero-order chi connectivity index (χ0) is 8.81. The summed E-state index contributed by atoms with van der Waals surface area (Å²) in [6.07, 6.45) is 4.68. The van der Waals surface area contributed by atoms with Gasteiger partial charge in [0.05, 0.1) is 7.11 Å². The molecule has 1 saturated carbocycles. The minimum atomic E-state index is -0.136. The van der Waals surface area contributed by atoms with Crippen molar-refractivity contribution in [1.29, 1.82) is 0 Å². The van der Waals surface area contributed by atoms with Gasteiger partial charge in [-0.05, 0) is 19.3 Å². The first-order valence-corrected chi connectivity index (χ1v) is 4.38. The first kappa shape index (κ1) is 9.12. The summed E-state index contributed by atoms with van der Waals surface area (Å²) in [5, 5.41) is 0. The molecule has 0 aromatic rings. The molecule has 1 aliphatic carbocycles. The van der Waals surface area contributed by atoms with Gasteiger partial charge in [-0.25, -0.2) is 0 Å². The van der Waals surface area contributed by atoms with Gasteiger partial charge >= 0.3 is 5.97 Å². The number of methoxy groups -OCH3 is 1. The maximum absolute atomic E-state index is 10.7. The third-order valence-corrected chi connectivity index (χ3v) is 1.79. The second-order valence-corrected chi connectivity index (χ2v) is 3.03. The molecule has 12 heavy (non-hydrogen) atoms. The summed E-state index contributed by atoms with van der Waals surface area (Å²) in [7, 11) is 1.41. The highest BCUT2D eigenvalue weighted by atomic mass is 16.5. The number of carbonyl (C=O) groups excluding carboxylic acids is 1. The Morgan fingerprint density at radius 2 is 2.33 bits per heavy atom. The molecular weight excluding hydrogens is 152 g/mol. The minimum Gasteiger partial charge on any atom is -0.469 e. The SMILES string of the molecule is COC(=O)CCCC#CC1CC1. The van der Waals surface area contributed by atoms with Crippen LogP contribution >= 0.6 is 0 Å². The van der Waals surface area contributed by atoms with Crippen LogP contribution in [0.2, 0.25) is 0 Å². The van der Waals surface area contributed by atoms with E-state index in [2.05, 4.69) is 16.6 Å². The lowest BCUT2D eigenvalue weighted by Gasteiger charge is -1.93. The van der Waals surface area contributed by atoms with E-state index in [-0.39, 0.29) is 5.97 Å². The first-order valence-electron chi connectivity index (χ1n) is 4.38. The predicted molar refractivity (Wildman–Crippen MR) is 46.4 cm³/mol. The van der Waals surface area contributed by atoms with Crippen LogP contribution in [0.5, 0.6) is 0 Å². The molecule has 0 aromatic heterocycles. The monoisotopic (exact) mass is 166 g/mol. The Balaban J connectivity index is 1.95. The fourth-order valence-electron chi connectivity index (χ4n) is 0.867. The standard InChI is InChI=1S/C10H14O2/c1-12-10(11)6-4-2-3-5-9-7-8-9/h9H,2,4,6-8H2,1H3. The highest BCUT2D eigenvalue weighted by molar-refractivity contribution is 5.69. The molecule has 0 unspecified atom stereocenters. The molecule has 0 aromatic carbocycles. The van der Waals surface area contributed by atoms with Crippen LogP contribution in [-0.4, -0.2) is 13.1 Å². The van der Waals surface area contributed by atoms with E-state index in [1.165, 1.54) is 20.0 Å². The summed E-state index contributed by atoms with van der Waals surface area (Å²) in [4.78, 5) is 10.7. The fourth-order valence-corrected chi connectivity index (χ4v) is 0.867. The Labute approximate surface area is 73.3 Å². The van der Waals surface area contributed by atoms with Crippen molar-refractivity contribution in [3.8, 4) is 11.8 Å². The minimum absolute atomic E-state index is 0.136. The van der Waals surface area contributed by atoms with Crippen LogP contribution in [0.1, 0.15) is 32.1 Å². The van der Waals surface area contributed by atoms with Crippen LogP contribution in [0.3, 0.4) is 0 Å². The third kappa shape index (κ3) is 4.02. The van der Waals surface area contributed by atoms with Crippen molar-refractivity contribution in [2.75, 3.05) is 7.11 Å². The largest absolute Gasteiger partial charge is 0.469 e. The van der Waals surface area contributed by atoms with Crippen molar-refractivity contribution in [2.24, 2.45) is 5.92 Å². The van der Waals surface area contributed by atoms with Gasteiger partial charge in [-0.15, -0.1) is 5.92 Å². The van der Waals surface area contributed by atoms with Gasteiger partial charge < -0.3 is 4.74 Å². The van der Waals surface area contributed by atoms with Crippen LogP contribution in [0.25, 0.3) is 0 Å². The van der Waals surface area contributed by atoms with Crippen LogP contribution < -0.4 is 0 Å². The zero-order valence-electron chi connectivity index (χ0n) is 7.43. The maximum Gasteiger partial charge on any atom is 0.305 e. The van der Waals surface area contributed by atoms with Crippen molar-refractivity contribution >= 4 is 5.97 Å². The zero-order valence-corrected chi connectivity index (χ0v) is 7.43. The molecule has 66 valence electrons. The molecule has 0 heterocycles. The number of unbranched alkanes of at least 4 members (excludes halogenated alkanes) is 1. The van der Waals surface area contributed by atoms with E-state index in [0.29, 0.717) is 12.3 Å². The molecule has 0 radical (unpaired) electrons. The van der Waals surface area contributed by atoms with Gasteiger partial charge in [0.1, 0.15) is 0 Å². The molecule has 1 aliphatic rings. The number of ether oxygens (including phenoxy) is 1. The Morgan fingerprint density at radius 3 is 2.92 bits per heavy atom. The molecule has 0 aliphatic heterocycles. The second-order valence-electron chi connectivity index (χ2n) is 3.03. The van der Waals surface area contributed by atoms with Gasteiger partial charge in [0, 0.05) is 18.8 Å².